The minimum atomic E-state index is 0.0868. The summed E-state index contributed by atoms with van der Waals surface area (Å²) >= 11 is 0. The third kappa shape index (κ3) is 3.13. The van der Waals surface area contributed by atoms with E-state index in [1.807, 2.05) is 9.80 Å². The van der Waals surface area contributed by atoms with E-state index in [1.165, 1.54) is 0 Å². The van der Waals surface area contributed by atoms with Gasteiger partial charge in [0.05, 0.1) is 6.61 Å². The van der Waals surface area contributed by atoms with E-state index in [9.17, 15) is 9.59 Å². The molecule has 3 amide bonds. The van der Waals surface area contributed by atoms with Crippen LogP contribution in [0.1, 0.15) is 13.3 Å². The largest absolute Gasteiger partial charge is 0.380 e. The lowest BCUT2D eigenvalue weighted by atomic mass is 10.3. The molecule has 2 aliphatic rings. The van der Waals surface area contributed by atoms with Crippen molar-refractivity contribution in [2.24, 2.45) is 0 Å². The third-order valence-corrected chi connectivity index (χ3v) is 3.49. The summed E-state index contributed by atoms with van der Waals surface area (Å²) in [5, 5.41) is 0. The van der Waals surface area contributed by atoms with Gasteiger partial charge in [-0.3, -0.25) is 4.79 Å². The number of ether oxygens (including phenoxy) is 1. The number of hydrogen-bond acceptors (Lipinski definition) is 3. The zero-order chi connectivity index (χ0) is 13.0. The lowest BCUT2D eigenvalue weighted by molar-refractivity contribution is -0.130. The van der Waals surface area contributed by atoms with Crippen molar-refractivity contribution < 1.29 is 14.3 Å². The average molecular weight is 255 g/mol. The molecular weight excluding hydrogens is 234 g/mol. The highest BCUT2D eigenvalue weighted by molar-refractivity contribution is 5.76. The molecule has 0 unspecified atom stereocenters. The molecule has 0 saturated carbocycles. The molecule has 18 heavy (non-hydrogen) atoms. The number of rotatable bonds is 0. The minimum Gasteiger partial charge on any atom is -0.380 e. The van der Waals surface area contributed by atoms with Gasteiger partial charge in [0.2, 0.25) is 5.91 Å². The second kappa shape index (κ2) is 6.04. The van der Waals surface area contributed by atoms with Crippen LogP contribution in [0, 0.1) is 0 Å². The highest BCUT2D eigenvalue weighted by Gasteiger charge is 2.26. The van der Waals surface area contributed by atoms with Gasteiger partial charge >= 0.3 is 6.03 Å². The lowest BCUT2D eigenvalue weighted by Gasteiger charge is -2.36. The van der Waals surface area contributed by atoms with Gasteiger partial charge in [0.25, 0.3) is 0 Å². The Bertz CT molecular complexity index is 306. The molecule has 0 radical (unpaired) electrons. The predicted molar refractivity (Wildman–Crippen MR) is 66.2 cm³/mol. The number of carbonyl (C=O) groups is 2. The van der Waals surface area contributed by atoms with Crippen LogP contribution in [0.4, 0.5) is 4.79 Å². The summed E-state index contributed by atoms with van der Waals surface area (Å²) in [5.74, 6) is 0.0882. The van der Waals surface area contributed by atoms with Crippen LogP contribution < -0.4 is 0 Å². The number of piperazine rings is 1. The number of amides is 3. The summed E-state index contributed by atoms with van der Waals surface area (Å²) in [6.07, 6.45) is 0.902. The van der Waals surface area contributed by atoms with E-state index < -0.39 is 0 Å². The Kier molecular flexibility index (Phi) is 4.41. The first-order chi connectivity index (χ1) is 8.68. The van der Waals surface area contributed by atoms with E-state index >= 15 is 0 Å². The highest BCUT2D eigenvalue weighted by Crippen LogP contribution is 2.08. The molecule has 2 saturated heterocycles. The number of urea groups is 1. The van der Waals surface area contributed by atoms with Crippen LogP contribution in [0.3, 0.4) is 0 Å². The van der Waals surface area contributed by atoms with Gasteiger partial charge in [0.1, 0.15) is 0 Å². The van der Waals surface area contributed by atoms with E-state index in [0.717, 1.165) is 19.6 Å². The van der Waals surface area contributed by atoms with Crippen molar-refractivity contribution in [3.63, 3.8) is 0 Å². The average Bonchev–Trinajstić information content (AvgIpc) is 2.67. The maximum absolute atomic E-state index is 12.3. The molecule has 0 bridgehead atoms. The summed E-state index contributed by atoms with van der Waals surface area (Å²) < 4.78 is 5.35. The molecular formula is C12H21N3O3. The molecule has 0 aliphatic carbocycles. The second-order valence-electron chi connectivity index (χ2n) is 4.73. The monoisotopic (exact) mass is 255 g/mol. The first kappa shape index (κ1) is 13.1. The van der Waals surface area contributed by atoms with Gasteiger partial charge < -0.3 is 19.4 Å². The van der Waals surface area contributed by atoms with Crippen LogP contribution in [-0.4, -0.2) is 79.1 Å². The van der Waals surface area contributed by atoms with Gasteiger partial charge in [-0.1, -0.05) is 0 Å². The molecule has 6 nitrogen and oxygen atoms in total. The van der Waals surface area contributed by atoms with Crippen LogP contribution in [0.25, 0.3) is 0 Å². The van der Waals surface area contributed by atoms with E-state index in [-0.39, 0.29) is 11.9 Å². The molecule has 2 aliphatic heterocycles. The minimum absolute atomic E-state index is 0.0868. The zero-order valence-corrected chi connectivity index (χ0v) is 10.9. The quantitative estimate of drug-likeness (QED) is 0.612. The van der Waals surface area contributed by atoms with Gasteiger partial charge in [-0.05, 0) is 6.42 Å². The lowest BCUT2D eigenvalue weighted by Crippen LogP contribution is -2.54. The fourth-order valence-corrected chi connectivity index (χ4v) is 2.35. The molecule has 2 rings (SSSR count). The molecule has 102 valence electrons. The molecule has 2 fully saturated rings. The van der Waals surface area contributed by atoms with Gasteiger partial charge in [-0.25, -0.2) is 4.79 Å². The van der Waals surface area contributed by atoms with Gasteiger partial charge in [-0.15, -0.1) is 0 Å². The first-order valence-corrected chi connectivity index (χ1v) is 6.55. The Morgan fingerprint density at radius 1 is 0.833 bits per heavy atom. The first-order valence-electron chi connectivity index (χ1n) is 6.55. The van der Waals surface area contributed by atoms with Gasteiger partial charge in [0.15, 0.2) is 0 Å². The van der Waals surface area contributed by atoms with Crippen molar-refractivity contribution in [2.75, 3.05) is 52.5 Å². The Balaban J connectivity index is 1.84. The number of nitrogens with zero attached hydrogens (tertiary/aromatic N) is 3. The molecule has 0 N–H and O–H groups in total. The second-order valence-corrected chi connectivity index (χ2v) is 4.73. The van der Waals surface area contributed by atoms with E-state index in [0.29, 0.717) is 39.3 Å². The topological polar surface area (TPSA) is 53.1 Å². The molecule has 0 aromatic rings. The summed E-state index contributed by atoms with van der Waals surface area (Å²) in [6.45, 7) is 6.94. The van der Waals surface area contributed by atoms with E-state index in [4.69, 9.17) is 4.74 Å². The van der Waals surface area contributed by atoms with E-state index in [2.05, 4.69) is 0 Å². The standard InChI is InChI=1S/C12H21N3O3/c1-11(16)13-4-6-15(7-5-13)12(17)14-3-2-9-18-10-8-14/h2-10H2,1H3. The maximum Gasteiger partial charge on any atom is 0.320 e. The van der Waals surface area contributed by atoms with Crippen molar-refractivity contribution in [1.82, 2.24) is 14.7 Å². The molecule has 6 heteroatoms. The Hall–Kier alpha value is -1.30. The fourth-order valence-electron chi connectivity index (χ4n) is 2.35. The van der Waals surface area contributed by atoms with Crippen LogP contribution in [-0.2, 0) is 9.53 Å². The number of hydrogen-bond donors (Lipinski definition) is 0. The van der Waals surface area contributed by atoms with Crippen LogP contribution in [0.15, 0.2) is 0 Å². The molecule has 2 heterocycles. The van der Waals surface area contributed by atoms with Crippen molar-refractivity contribution in [3.05, 3.63) is 0 Å². The SMILES string of the molecule is CC(=O)N1CCN(C(=O)N2CCCOCC2)CC1. The Morgan fingerprint density at radius 3 is 2.11 bits per heavy atom. The Labute approximate surface area is 107 Å². The normalized spacial score (nSPS) is 21.7. The van der Waals surface area contributed by atoms with Gasteiger partial charge in [-0.2, -0.15) is 0 Å². The maximum atomic E-state index is 12.3. The molecule has 0 aromatic heterocycles. The van der Waals surface area contributed by atoms with Crippen molar-refractivity contribution >= 4 is 11.9 Å². The van der Waals surface area contributed by atoms with Gasteiger partial charge in [0, 0.05) is 52.8 Å². The summed E-state index contributed by atoms with van der Waals surface area (Å²) in [5.41, 5.74) is 0. The molecule has 0 spiro atoms. The van der Waals surface area contributed by atoms with E-state index in [1.54, 1.807) is 11.8 Å². The van der Waals surface area contributed by atoms with Crippen LogP contribution >= 0.6 is 0 Å². The molecule has 0 atom stereocenters. The zero-order valence-electron chi connectivity index (χ0n) is 10.9. The summed E-state index contributed by atoms with van der Waals surface area (Å²) in [6, 6.07) is 0.0868. The third-order valence-electron chi connectivity index (χ3n) is 3.49. The highest BCUT2D eigenvalue weighted by atomic mass is 16.5. The fraction of sp³-hybridized carbons (Fsp3) is 0.833. The van der Waals surface area contributed by atoms with Crippen molar-refractivity contribution in [3.8, 4) is 0 Å². The molecule has 0 aromatic carbocycles. The summed E-state index contributed by atoms with van der Waals surface area (Å²) in [4.78, 5) is 29.0. The smallest absolute Gasteiger partial charge is 0.320 e. The Morgan fingerprint density at radius 2 is 1.44 bits per heavy atom. The van der Waals surface area contributed by atoms with Crippen molar-refractivity contribution in [1.29, 1.82) is 0 Å². The summed E-state index contributed by atoms with van der Waals surface area (Å²) in [7, 11) is 0. The number of carbonyl (C=O) groups excluding carboxylic acids is 2. The van der Waals surface area contributed by atoms with Crippen LogP contribution in [0.5, 0.6) is 0 Å². The van der Waals surface area contributed by atoms with Crippen LogP contribution in [0.2, 0.25) is 0 Å². The van der Waals surface area contributed by atoms with Crippen molar-refractivity contribution in [2.45, 2.75) is 13.3 Å². The predicted octanol–water partition coefficient (Wildman–Crippen LogP) is -0.00720.